The molecule has 0 aromatic heterocycles. The minimum absolute atomic E-state index is 0. The summed E-state index contributed by atoms with van der Waals surface area (Å²) in [6.07, 6.45) is 15.1. The van der Waals surface area contributed by atoms with Crippen LogP contribution in [0.25, 0.3) is 0 Å². The zero-order valence-corrected chi connectivity index (χ0v) is 31.1. The highest BCUT2D eigenvalue weighted by atomic mass is 127. The molecule has 3 rings (SSSR count). The van der Waals surface area contributed by atoms with Crippen LogP contribution in [0.3, 0.4) is 0 Å². The van der Waals surface area contributed by atoms with E-state index in [1.165, 1.54) is 120 Å². The maximum atomic E-state index is 2.45. The Morgan fingerprint density at radius 3 is 0.902 bits per heavy atom. The molecule has 0 bridgehead atoms. The summed E-state index contributed by atoms with van der Waals surface area (Å²) < 4.78 is 0. The lowest BCUT2D eigenvalue weighted by Gasteiger charge is -2.35. The summed E-state index contributed by atoms with van der Waals surface area (Å²) >= 11 is 0. The molecule has 0 aliphatic rings. The van der Waals surface area contributed by atoms with Gasteiger partial charge < -0.3 is 24.0 Å². The Bertz CT molecular complexity index is 1080. The number of aryl methyl sites for hydroxylation is 9. The summed E-state index contributed by atoms with van der Waals surface area (Å²) in [5.74, 6) is 0. The molecule has 226 valence electrons. The quantitative estimate of drug-likeness (QED) is 0.0929. The Labute approximate surface area is 271 Å². The van der Waals surface area contributed by atoms with E-state index in [2.05, 4.69) is 106 Å². The Morgan fingerprint density at radius 1 is 0.390 bits per heavy atom. The van der Waals surface area contributed by atoms with E-state index in [0.29, 0.717) is 0 Å². The molecule has 0 aliphatic carbocycles. The van der Waals surface area contributed by atoms with Crippen LogP contribution >= 0.6 is 7.26 Å². The van der Waals surface area contributed by atoms with Gasteiger partial charge in [-0.2, -0.15) is 0 Å². The van der Waals surface area contributed by atoms with Crippen molar-refractivity contribution in [3.8, 4) is 0 Å². The topological polar surface area (TPSA) is 0 Å². The normalized spacial score (nSPS) is 11.6. The summed E-state index contributed by atoms with van der Waals surface area (Å²) in [6.45, 7) is 23.4. The van der Waals surface area contributed by atoms with Gasteiger partial charge in [-0.3, -0.25) is 0 Å². The van der Waals surface area contributed by atoms with Crippen molar-refractivity contribution in [3.05, 3.63) is 86.5 Å². The molecule has 0 atom stereocenters. The SMILES string of the molecule is CCCCCCCCCCCC[P+](c1c(C)cc(C)cc1C)(c1c(C)cc(C)cc1C)c1c(C)cc(C)cc1C.[I-]. The van der Waals surface area contributed by atoms with Crippen LogP contribution in [-0.2, 0) is 0 Å². The molecule has 3 aromatic carbocycles. The number of halogens is 1. The largest absolute Gasteiger partial charge is 1.00 e. The highest BCUT2D eigenvalue weighted by Gasteiger charge is 2.50. The van der Waals surface area contributed by atoms with Crippen LogP contribution in [0.2, 0.25) is 0 Å². The van der Waals surface area contributed by atoms with Crippen LogP contribution in [-0.4, -0.2) is 6.16 Å². The Morgan fingerprint density at radius 2 is 0.634 bits per heavy atom. The highest BCUT2D eigenvalue weighted by molar-refractivity contribution is 7.96. The fraction of sp³-hybridized carbons (Fsp3) is 0.538. The average molecular weight is 685 g/mol. The zero-order valence-electron chi connectivity index (χ0n) is 28.1. The van der Waals surface area contributed by atoms with Gasteiger partial charge in [0, 0.05) is 0 Å². The van der Waals surface area contributed by atoms with Gasteiger partial charge in [0.2, 0.25) is 0 Å². The van der Waals surface area contributed by atoms with Gasteiger partial charge in [0.05, 0.1) is 6.16 Å². The van der Waals surface area contributed by atoms with Crippen LogP contribution in [0, 0.1) is 62.3 Å². The van der Waals surface area contributed by atoms with Crippen molar-refractivity contribution < 1.29 is 24.0 Å². The maximum Gasteiger partial charge on any atom is 0.113 e. The van der Waals surface area contributed by atoms with E-state index in [1.54, 1.807) is 15.9 Å². The van der Waals surface area contributed by atoms with Gasteiger partial charge in [-0.05, 0) is 109 Å². The third-order valence-electron chi connectivity index (χ3n) is 8.90. The van der Waals surface area contributed by atoms with E-state index >= 15 is 0 Å². The molecular weight excluding hydrogens is 626 g/mol. The lowest BCUT2D eigenvalue weighted by molar-refractivity contribution is -0.00000897. The van der Waals surface area contributed by atoms with Crippen LogP contribution < -0.4 is 39.9 Å². The summed E-state index contributed by atoms with van der Waals surface area (Å²) in [5.41, 5.74) is 13.0. The van der Waals surface area contributed by atoms with Gasteiger partial charge in [-0.15, -0.1) is 0 Å². The Kier molecular flexibility index (Phi) is 14.6. The molecule has 0 nitrogen and oxygen atoms in total. The number of rotatable bonds is 14. The minimum atomic E-state index is -1.91. The second kappa shape index (κ2) is 16.6. The summed E-state index contributed by atoms with van der Waals surface area (Å²) in [6, 6.07) is 14.7. The molecule has 2 heteroatoms. The van der Waals surface area contributed by atoms with E-state index in [0.717, 1.165) is 0 Å². The lowest BCUT2D eigenvalue weighted by Crippen LogP contribution is -3.00. The maximum absolute atomic E-state index is 2.45. The van der Waals surface area contributed by atoms with Gasteiger partial charge in [0.1, 0.15) is 23.2 Å². The van der Waals surface area contributed by atoms with E-state index in [-0.39, 0.29) is 24.0 Å². The van der Waals surface area contributed by atoms with Crippen molar-refractivity contribution in [1.29, 1.82) is 0 Å². The molecule has 0 saturated carbocycles. The van der Waals surface area contributed by atoms with Gasteiger partial charge in [-0.25, -0.2) is 0 Å². The predicted molar refractivity (Wildman–Crippen MR) is 184 cm³/mol. The minimum Gasteiger partial charge on any atom is -1.00 e. The second-order valence-electron chi connectivity index (χ2n) is 13.0. The van der Waals surface area contributed by atoms with Crippen molar-refractivity contribution in [2.45, 2.75) is 133 Å². The molecule has 0 heterocycles. The lowest BCUT2D eigenvalue weighted by atomic mass is 10.1. The molecule has 0 radical (unpaired) electrons. The fourth-order valence-electron chi connectivity index (χ4n) is 7.83. The molecule has 3 aromatic rings. The Hall–Kier alpha value is -1.18. The summed E-state index contributed by atoms with van der Waals surface area (Å²) in [7, 11) is -1.91. The number of hydrogen-bond acceptors (Lipinski definition) is 0. The molecule has 0 aliphatic heterocycles. The first-order valence-corrected chi connectivity index (χ1v) is 18.1. The predicted octanol–water partition coefficient (Wildman–Crippen LogP) is 7.68. The molecule has 0 amide bonds. The fourth-order valence-corrected chi connectivity index (χ4v) is 13.9. The number of hydrogen-bond donors (Lipinski definition) is 0. The smallest absolute Gasteiger partial charge is 0.113 e. The third-order valence-corrected chi connectivity index (χ3v) is 14.3. The van der Waals surface area contributed by atoms with Crippen molar-refractivity contribution in [1.82, 2.24) is 0 Å². The molecule has 0 fully saturated rings. The molecule has 0 saturated heterocycles. The standard InChI is InChI=1S/C39H58P.HI/c1-11-12-13-14-15-16-17-18-19-20-21-40(37-31(5)22-28(2)23-32(37)6,38-33(7)24-29(3)25-34(38)8)39-35(9)26-30(4)27-36(39)10;/h22-27H,11-21H2,1-10H3;1H/q+1;/p-1. The van der Waals surface area contributed by atoms with E-state index in [9.17, 15) is 0 Å². The van der Waals surface area contributed by atoms with Crippen LogP contribution in [0.1, 0.15) is 121 Å². The molecule has 0 unspecified atom stereocenters. The van der Waals surface area contributed by atoms with Crippen molar-refractivity contribution in [2.75, 3.05) is 6.16 Å². The van der Waals surface area contributed by atoms with Crippen LogP contribution in [0.15, 0.2) is 36.4 Å². The van der Waals surface area contributed by atoms with Crippen molar-refractivity contribution in [3.63, 3.8) is 0 Å². The van der Waals surface area contributed by atoms with E-state index < -0.39 is 7.26 Å². The van der Waals surface area contributed by atoms with Crippen LogP contribution in [0.4, 0.5) is 0 Å². The van der Waals surface area contributed by atoms with Crippen LogP contribution in [0.5, 0.6) is 0 Å². The first-order chi connectivity index (χ1) is 19.0. The number of unbranched alkanes of at least 4 members (excludes halogenated alkanes) is 9. The summed E-state index contributed by atoms with van der Waals surface area (Å²) in [5, 5.41) is 4.96. The van der Waals surface area contributed by atoms with E-state index in [4.69, 9.17) is 0 Å². The number of benzene rings is 3. The first-order valence-electron chi connectivity index (χ1n) is 16.2. The van der Waals surface area contributed by atoms with Gasteiger partial charge in [0.15, 0.2) is 0 Å². The average Bonchev–Trinajstić information content (AvgIpc) is 2.83. The highest BCUT2D eigenvalue weighted by Crippen LogP contribution is 2.60. The first kappa shape index (κ1) is 36.0. The monoisotopic (exact) mass is 684 g/mol. The Balaban J connectivity index is 0.00000588. The van der Waals surface area contributed by atoms with E-state index in [1.807, 2.05) is 0 Å². The van der Waals surface area contributed by atoms with Gasteiger partial charge in [0.25, 0.3) is 0 Å². The van der Waals surface area contributed by atoms with Crippen molar-refractivity contribution in [2.24, 2.45) is 0 Å². The van der Waals surface area contributed by atoms with Gasteiger partial charge in [-0.1, -0.05) is 111 Å². The van der Waals surface area contributed by atoms with Crippen molar-refractivity contribution >= 4 is 23.2 Å². The third kappa shape index (κ3) is 8.69. The molecule has 0 spiro atoms. The molecular formula is C39H58IP. The molecule has 0 N–H and O–H groups in total. The molecule has 41 heavy (non-hydrogen) atoms. The second-order valence-corrected chi connectivity index (χ2v) is 16.4. The summed E-state index contributed by atoms with van der Waals surface area (Å²) in [4.78, 5) is 0. The zero-order chi connectivity index (χ0) is 29.4. The van der Waals surface area contributed by atoms with Gasteiger partial charge >= 0.3 is 0 Å².